The highest BCUT2D eigenvalue weighted by atomic mass is 16.1. The monoisotopic (exact) mass is 306 g/mol. The Hall–Kier alpha value is -2.69. The largest absolute Gasteiger partial charge is 0.342 e. The van der Waals surface area contributed by atoms with E-state index in [1.807, 2.05) is 36.4 Å². The average Bonchev–Trinajstić information content (AvgIpc) is 2.62. The average molecular weight is 306 g/mol. The lowest BCUT2D eigenvalue weighted by molar-refractivity contribution is 0.568. The SMILES string of the molecule is O=c1[nH]c(N2CCCCC2)nc2nccc(-c3ccccc3)c12. The summed E-state index contributed by atoms with van der Waals surface area (Å²) in [4.78, 5) is 26.7. The first-order valence-electron chi connectivity index (χ1n) is 8.02. The summed E-state index contributed by atoms with van der Waals surface area (Å²) in [6, 6.07) is 11.7. The Morgan fingerprint density at radius 2 is 1.78 bits per heavy atom. The fourth-order valence-corrected chi connectivity index (χ4v) is 3.17. The predicted octanol–water partition coefficient (Wildman–Crippen LogP) is 2.98. The minimum atomic E-state index is -0.123. The van der Waals surface area contributed by atoms with Gasteiger partial charge in [-0.2, -0.15) is 4.98 Å². The van der Waals surface area contributed by atoms with E-state index in [2.05, 4.69) is 19.9 Å². The molecule has 1 N–H and O–H groups in total. The number of aromatic nitrogens is 3. The Morgan fingerprint density at radius 1 is 1.00 bits per heavy atom. The molecule has 1 aliphatic heterocycles. The van der Waals surface area contributed by atoms with Crippen LogP contribution in [0, 0.1) is 0 Å². The number of anilines is 1. The van der Waals surface area contributed by atoms with Gasteiger partial charge in [-0.3, -0.25) is 9.78 Å². The molecule has 0 unspecified atom stereocenters. The van der Waals surface area contributed by atoms with Crippen LogP contribution in [0.1, 0.15) is 19.3 Å². The number of aromatic amines is 1. The van der Waals surface area contributed by atoms with E-state index in [0.717, 1.165) is 37.1 Å². The van der Waals surface area contributed by atoms with Crippen molar-refractivity contribution in [3.8, 4) is 11.1 Å². The van der Waals surface area contributed by atoms with Crippen molar-refractivity contribution in [3.05, 3.63) is 52.9 Å². The Labute approximate surface area is 134 Å². The second kappa shape index (κ2) is 5.83. The predicted molar refractivity (Wildman–Crippen MR) is 91.7 cm³/mol. The van der Waals surface area contributed by atoms with Gasteiger partial charge in [0.05, 0.1) is 5.39 Å². The lowest BCUT2D eigenvalue weighted by atomic mass is 10.0. The second-order valence-electron chi connectivity index (χ2n) is 5.86. The van der Waals surface area contributed by atoms with Crippen molar-refractivity contribution < 1.29 is 0 Å². The number of piperidine rings is 1. The summed E-state index contributed by atoms with van der Waals surface area (Å²) in [5.74, 6) is 0.639. The number of fused-ring (bicyclic) bond motifs is 1. The third-order valence-electron chi connectivity index (χ3n) is 4.34. The molecular weight excluding hydrogens is 288 g/mol. The molecule has 1 saturated heterocycles. The van der Waals surface area contributed by atoms with Crippen molar-refractivity contribution in [1.29, 1.82) is 0 Å². The van der Waals surface area contributed by atoms with E-state index in [9.17, 15) is 4.79 Å². The summed E-state index contributed by atoms with van der Waals surface area (Å²) in [5.41, 5.74) is 2.26. The maximum absolute atomic E-state index is 12.7. The molecule has 23 heavy (non-hydrogen) atoms. The molecule has 0 amide bonds. The maximum atomic E-state index is 12.7. The number of hydrogen-bond acceptors (Lipinski definition) is 4. The molecule has 5 nitrogen and oxygen atoms in total. The van der Waals surface area contributed by atoms with Gasteiger partial charge in [-0.1, -0.05) is 30.3 Å². The first-order chi connectivity index (χ1) is 11.3. The van der Waals surface area contributed by atoms with Gasteiger partial charge in [0.1, 0.15) is 0 Å². The third-order valence-corrected chi connectivity index (χ3v) is 4.34. The summed E-state index contributed by atoms with van der Waals surface area (Å²) in [6.07, 6.45) is 5.24. The van der Waals surface area contributed by atoms with Crippen molar-refractivity contribution >= 4 is 17.0 Å². The van der Waals surface area contributed by atoms with Gasteiger partial charge in [-0.05, 0) is 36.5 Å². The zero-order valence-electron chi connectivity index (χ0n) is 12.8. The smallest absolute Gasteiger partial charge is 0.262 e. The van der Waals surface area contributed by atoms with Crippen molar-refractivity contribution in [3.63, 3.8) is 0 Å². The maximum Gasteiger partial charge on any atom is 0.262 e. The van der Waals surface area contributed by atoms with Gasteiger partial charge in [0.15, 0.2) is 5.65 Å². The van der Waals surface area contributed by atoms with E-state index in [1.165, 1.54) is 6.42 Å². The van der Waals surface area contributed by atoms with Gasteiger partial charge < -0.3 is 4.90 Å². The van der Waals surface area contributed by atoms with Crippen LogP contribution in [0.25, 0.3) is 22.2 Å². The molecule has 1 aromatic carbocycles. The molecule has 5 heteroatoms. The molecule has 4 rings (SSSR count). The molecule has 2 aromatic heterocycles. The summed E-state index contributed by atoms with van der Waals surface area (Å²) in [5, 5.41) is 0.555. The molecule has 0 bridgehead atoms. The van der Waals surface area contributed by atoms with Crippen LogP contribution < -0.4 is 10.5 Å². The number of H-pyrrole nitrogens is 1. The van der Waals surface area contributed by atoms with Crippen molar-refractivity contribution in [2.45, 2.75) is 19.3 Å². The number of benzene rings is 1. The molecule has 3 heterocycles. The van der Waals surface area contributed by atoms with E-state index in [4.69, 9.17) is 0 Å². The molecule has 0 saturated carbocycles. The number of rotatable bonds is 2. The van der Waals surface area contributed by atoms with Gasteiger partial charge in [0, 0.05) is 19.3 Å². The van der Waals surface area contributed by atoms with Gasteiger partial charge in [0.2, 0.25) is 5.95 Å². The minimum absolute atomic E-state index is 0.123. The first kappa shape index (κ1) is 13.9. The van der Waals surface area contributed by atoms with Crippen LogP contribution in [0.15, 0.2) is 47.4 Å². The molecule has 3 aromatic rings. The summed E-state index contributed by atoms with van der Waals surface area (Å²) >= 11 is 0. The molecule has 1 fully saturated rings. The topological polar surface area (TPSA) is 61.9 Å². The van der Waals surface area contributed by atoms with Crippen LogP contribution in [0.3, 0.4) is 0 Å². The Kier molecular flexibility index (Phi) is 3.54. The lowest BCUT2D eigenvalue weighted by Gasteiger charge is -2.27. The minimum Gasteiger partial charge on any atom is -0.342 e. The quantitative estimate of drug-likeness (QED) is 0.790. The molecule has 0 spiro atoms. The van der Waals surface area contributed by atoms with Crippen LogP contribution in [-0.2, 0) is 0 Å². The number of pyridine rings is 1. The van der Waals surface area contributed by atoms with Crippen LogP contribution >= 0.6 is 0 Å². The highest BCUT2D eigenvalue weighted by molar-refractivity contribution is 5.92. The third kappa shape index (κ3) is 2.59. The zero-order valence-corrected chi connectivity index (χ0v) is 12.8. The Morgan fingerprint density at radius 3 is 2.57 bits per heavy atom. The van der Waals surface area contributed by atoms with Gasteiger partial charge >= 0.3 is 0 Å². The van der Waals surface area contributed by atoms with E-state index in [-0.39, 0.29) is 5.56 Å². The highest BCUT2D eigenvalue weighted by Crippen LogP contribution is 2.25. The summed E-state index contributed by atoms with van der Waals surface area (Å²) < 4.78 is 0. The van der Waals surface area contributed by atoms with Gasteiger partial charge in [0.25, 0.3) is 5.56 Å². The van der Waals surface area contributed by atoms with Crippen molar-refractivity contribution in [1.82, 2.24) is 15.0 Å². The van der Waals surface area contributed by atoms with Crippen LogP contribution in [0.4, 0.5) is 5.95 Å². The summed E-state index contributed by atoms with van der Waals surface area (Å²) in [6.45, 7) is 1.87. The van der Waals surface area contributed by atoms with Crippen molar-refractivity contribution in [2.24, 2.45) is 0 Å². The van der Waals surface area contributed by atoms with E-state index in [1.54, 1.807) is 6.20 Å². The highest BCUT2D eigenvalue weighted by Gasteiger charge is 2.16. The molecule has 116 valence electrons. The number of nitrogens with one attached hydrogen (secondary N) is 1. The molecular formula is C18H18N4O. The van der Waals surface area contributed by atoms with Crippen LogP contribution in [0.5, 0.6) is 0 Å². The summed E-state index contributed by atoms with van der Waals surface area (Å²) in [7, 11) is 0. The Bertz CT molecular complexity index is 882. The van der Waals surface area contributed by atoms with Gasteiger partial charge in [-0.15, -0.1) is 0 Å². The standard InChI is InChI=1S/C18H18N4O/c23-17-15-14(13-7-3-1-4-8-13)9-10-19-16(15)20-18(21-17)22-11-5-2-6-12-22/h1,3-4,7-10H,2,5-6,11-12H2,(H,19,20,21,23). The molecule has 0 radical (unpaired) electrons. The molecule has 0 atom stereocenters. The fraction of sp³-hybridized carbons (Fsp3) is 0.278. The molecule has 1 aliphatic rings. The zero-order chi connectivity index (χ0) is 15.6. The normalized spacial score (nSPS) is 15.0. The first-order valence-corrected chi connectivity index (χ1v) is 8.02. The number of nitrogens with zero attached hydrogens (tertiary/aromatic N) is 3. The van der Waals surface area contributed by atoms with Crippen LogP contribution in [-0.4, -0.2) is 28.0 Å². The van der Waals surface area contributed by atoms with Gasteiger partial charge in [-0.25, -0.2) is 4.98 Å². The Balaban J connectivity index is 1.87. The second-order valence-corrected chi connectivity index (χ2v) is 5.86. The van der Waals surface area contributed by atoms with Crippen molar-refractivity contribution in [2.75, 3.05) is 18.0 Å². The van der Waals surface area contributed by atoms with E-state index < -0.39 is 0 Å². The number of hydrogen-bond donors (Lipinski definition) is 1. The fourth-order valence-electron chi connectivity index (χ4n) is 3.17. The molecule has 0 aliphatic carbocycles. The van der Waals surface area contributed by atoms with E-state index >= 15 is 0 Å². The lowest BCUT2D eigenvalue weighted by Crippen LogP contribution is -2.32. The van der Waals surface area contributed by atoms with Crippen LogP contribution in [0.2, 0.25) is 0 Å². The van der Waals surface area contributed by atoms with E-state index in [0.29, 0.717) is 17.0 Å².